The van der Waals surface area contributed by atoms with Gasteiger partial charge in [-0.15, -0.1) is 0 Å². The first kappa shape index (κ1) is 9.85. The Balaban J connectivity index is 2.37. The van der Waals surface area contributed by atoms with Gasteiger partial charge in [0.2, 0.25) is 0 Å². The minimum atomic E-state index is 0.258. The lowest BCUT2D eigenvalue weighted by molar-refractivity contribution is 0.183. The van der Waals surface area contributed by atoms with Crippen LogP contribution in [0.3, 0.4) is 0 Å². The Kier molecular flexibility index (Phi) is 4.44. The fraction of sp³-hybridized carbons (Fsp3) is 0.333. The van der Waals surface area contributed by atoms with Crippen LogP contribution < -0.4 is 0 Å². The van der Waals surface area contributed by atoms with Crippen LogP contribution in [-0.2, 0) is 11.2 Å². The third-order valence-corrected chi connectivity index (χ3v) is 1.93. The maximum Gasteiger partial charge on any atom is 0.120 e. The molecule has 0 unspecified atom stereocenters. The van der Waals surface area contributed by atoms with Crippen LogP contribution in [0.1, 0.15) is 5.56 Å². The highest BCUT2D eigenvalue weighted by molar-refractivity contribution is 6.30. The molecule has 0 aliphatic rings. The Hall–Kier alpha value is -0.240. The van der Waals surface area contributed by atoms with Crippen molar-refractivity contribution in [2.45, 2.75) is 6.42 Å². The van der Waals surface area contributed by atoms with E-state index in [4.69, 9.17) is 27.9 Å². The van der Waals surface area contributed by atoms with Gasteiger partial charge < -0.3 is 4.74 Å². The van der Waals surface area contributed by atoms with Crippen molar-refractivity contribution in [2.24, 2.45) is 0 Å². The van der Waals surface area contributed by atoms with Crippen molar-refractivity contribution < 1.29 is 4.74 Å². The third kappa shape index (κ3) is 3.44. The maximum absolute atomic E-state index is 5.72. The summed E-state index contributed by atoms with van der Waals surface area (Å²) in [7, 11) is 0. The molecule has 66 valence electrons. The largest absolute Gasteiger partial charge is 0.365 e. The summed E-state index contributed by atoms with van der Waals surface area (Å²) in [5.41, 5.74) is 1.21. The van der Waals surface area contributed by atoms with E-state index in [2.05, 4.69) is 0 Å². The summed E-state index contributed by atoms with van der Waals surface area (Å²) >= 11 is 11.1. The van der Waals surface area contributed by atoms with Gasteiger partial charge in [0.05, 0.1) is 6.61 Å². The van der Waals surface area contributed by atoms with Crippen molar-refractivity contribution in [1.82, 2.24) is 0 Å². The topological polar surface area (TPSA) is 9.23 Å². The molecule has 0 bridgehead atoms. The van der Waals surface area contributed by atoms with E-state index in [1.54, 1.807) is 0 Å². The zero-order valence-electron chi connectivity index (χ0n) is 6.59. The van der Waals surface area contributed by atoms with Gasteiger partial charge in [-0.1, -0.05) is 35.3 Å². The summed E-state index contributed by atoms with van der Waals surface area (Å²) < 4.78 is 5.00. The SMILES string of the molecule is ClCOCCc1ccc(Cl)cc1. The summed E-state index contributed by atoms with van der Waals surface area (Å²) in [6.45, 7) is 0.658. The molecular weight excluding hydrogens is 195 g/mol. The third-order valence-electron chi connectivity index (χ3n) is 1.53. The van der Waals surface area contributed by atoms with Gasteiger partial charge in [-0.2, -0.15) is 0 Å². The number of hydrogen-bond acceptors (Lipinski definition) is 1. The molecule has 1 aromatic carbocycles. The molecule has 0 saturated heterocycles. The lowest BCUT2D eigenvalue weighted by Gasteiger charge is -2.00. The van der Waals surface area contributed by atoms with Crippen molar-refractivity contribution in [1.29, 1.82) is 0 Å². The van der Waals surface area contributed by atoms with Crippen LogP contribution in [0.2, 0.25) is 5.02 Å². The zero-order chi connectivity index (χ0) is 8.81. The molecule has 12 heavy (non-hydrogen) atoms. The van der Waals surface area contributed by atoms with Crippen molar-refractivity contribution >= 4 is 23.2 Å². The van der Waals surface area contributed by atoms with Gasteiger partial charge in [0, 0.05) is 5.02 Å². The average molecular weight is 205 g/mol. The summed E-state index contributed by atoms with van der Waals surface area (Å²) in [5, 5.41) is 0.761. The second kappa shape index (κ2) is 5.41. The molecule has 0 N–H and O–H groups in total. The molecule has 3 heteroatoms. The van der Waals surface area contributed by atoms with E-state index < -0.39 is 0 Å². The van der Waals surface area contributed by atoms with E-state index in [1.165, 1.54) is 5.56 Å². The highest BCUT2D eigenvalue weighted by Crippen LogP contribution is 2.09. The van der Waals surface area contributed by atoms with E-state index >= 15 is 0 Å². The van der Waals surface area contributed by atoms with E-state index in [1.807, 2.05) is 24.3 Å². The van der Waals surface area contributed by atoms with Crippen LogP contribution in [0.15, 0.2) is 24.3 Å². The van der Waals surface area contributed by atoms with E-state index in [0.29, 0.717) is 6.61 Å². The van der Waals surface area contributed by atoms with Gasteiger partial charge in [0.25, 0.3) is 0 Å². The predicted molar refractivity (Wildman–Crippen MR) is 51.8 cm³/mol. The standard InChI is InChI=1S/C9H10Cl2O/c10-7-12-6-5-8-1-3-9(11)4-2-8/h1-4H,5-7H2. The number of halogens is 2. The molecular formula is C9H10Cl2O. The molecule has 0 fully saturated rings. The normalized spacial score (nSPS) is 10.2. The quantitative estimate of drug-likeness (QED) is 0.542. The fourth-order valence-electron chi connectivity index (χ4n) is 0.896. The number of rotatable bonds is 4. The van der Waals surface area contributed by atoms with E-state index in [9.17, 15) is 0 Å². The molecule has 0 aromatic heterocycles. The molecule has 0 aliphatic heterocycles. The first-order valence-electron chi connectivity index (χ1n) is 3.71. The molecule has 1 aromatic rings. The molecule has 0 aliphatic carbocycles. The van der Waals surface area contributed by atoms with Gasteiger partial charge >= 0.3 is 0 Å². The maximum atomic E-state index is 5.72. The van der Waals surface area contributed by atoms with Crippen LogP contribution >= 0.6 is 23.2 Å². The minimum absolute atomic E-state index is 0.258. The van der Waals surface area contributed by atoms with Gasteiger partial charge in [-0.05, 0) is 24.1 Å². The molecule has 0 heterocycles. The molecule has 0 atom stereocenters. The number of ether oxygens (including phenoxy) is 1. The average Bonchev–Trinajstić information content (AvgIpc) is 2.09. The number of hydrogen-bond donors (Lipinski definition) is 0. The van der Waals surface area contributed by atoms with Crippen LogP contribution in [0.4, 0.5) is 0 Å². The van der Waals surface area contributed by atoms with Crippen molar-refractivity contribution in [3.8, 4) is 0 Å². The van der Waals surface area contributed by atoms with Gasteiger partial charge in [0.15, 0.2) is 0 Å². The van der Waals surface area contributed by atoms with Crippen molar-refractivity contribution in [3.63, 3.8) is 0 Å². The Morgan fingerprint density at radius 1 is 1.17 bits per heavy atom. The van der Waals surface area contributed by atoms with Gasteiger partial charge in [-0.3, -0.25) is 0 Å². The zero-order valence-corrected chi connectivity index (χ0v) is 8.11. The number of alkyl halides is 1. The molecule has 0 spiro atoms. The molecule has 1 rings (SSSR count). The summed E-state index contributed by atoms with van der Waals surface area (Å²) in [5.74, 6) is 0. The lowest BCUT2D eigenvalue weighted by atomic mass is 10.2. The smallest absolute Gasteiger partial charge is 0.120 e. The second-order valence-corrected chi connectivity index (χ2v) is 3.05. The van der Waals surface area contributed by atoms with Crippen molar-refractivity contribution in [3.05, 3.63) is 34.9 Å². The van der Waals surface area contributed by atoms with Crippen molar-refractivity contribution in [2.75, 3.05) is 12.7 Å². The summed E-state index contributed by atoms with van der Waals surface area (Å²) in [6.07, 6.45) is 0.879. The Morgan fingerprint density at radius 3 is 2.42 bits per heavy atom. The van der Waals surface area contributed by atoms with Crippen LogP contribution in [0, 0.1) is 0 Å². The van der Waals surface area contributed by atoms with Crippen LogP contribution in [-0.4, -0.2) is 12.7 Å². The monoisotopic (exact) mass is 204 g/mol. The van der Waals surface area contributed by atoms with E-state index in [0.717, 1.165) is 11.4 Å². The summed E-state index contributed by atoms with van der Waals surface area (Å²) in [4.78, 5) is 0. The Labute approximate surface area is 82.2 Å². The molecule has 0 saturated carbocycles. The highest BCUT2D eigenvalue weighted by atomic mass is 35.5. The van der Waals surface area contributed by atoms with Gasteiger partial charge in [0.1, 0.15) is 6.07 Å². The van der Waals surface area contributed by atoms with E-state index in [-0.39, 0.29) is 6.07 Å². The Morgan fingerprint density at radius 2 is 1.83 bits per heavy atom. The van der Waals surface area contributed by atoms with Gasteiger partial charge in [-0.25, -0.2) is 0 Å². The van der Waals surface area contributed by atoms with Crippen LogP contribution in [0.5, 0.6) is 0 Å². The second-order valence-electron chi connectivity index (χ2n) is 2.39. The lowest BCUT2D eigenvalue weighted by Crippen LogP contribution is -1.96. The molecule has 0 amide bonds. The first-order valence-corrected chi connectivity index (χ1v) is 4.62. The molecule has 0 radical (unpaired) electrons. The molecule has 1 nitrogen and oxygen atoms in total. The Bertz CT molecular complexity index is 220. The minimum Gasteiger partial charge on any atom is -0.365 e. The summed E-state index contributed by atoms with van der Waals surface area (Å²) in [6, 6.07) is 7.97. The first-order chi connectivity index (χ1) is 5.83. The van der Waals surface area contributed by atoms with Crippen LogP contribution in [0.25, 0.3) is 0 Å². The number of benzene rings is 1. The fourth-order valence-corrected chi connectivity index (χ4v) is 1.13. The highest BCUT2D eigenvalue weighted by Gasteiger charge is 1.92. The predicted octanol–water partition coefficient (Wildman–Crippen LogP) is 3.10.